The predicted octanol–water partition coefficient (Wildman–Crippen LogP) is 4.63. The van der Waals surface area contributed by atoms with Crippen molar-refractivity contribution in [3.8, 4) is 33.4 Å². The largest absolute Gasteiger partial charge is 1.00 e. The number of hydrogen-bond donors (Lipinski definition) is 6. The van der Waals surface area contributed by atoms with Crippen LogP contribution in [0.3, 0.4) is 0 Å². The van der Waals surface area contributed by atoms with Gasteiger partial charge in [-0.25, -0.2) is 25.3 Å². The van der Waals surface area contributed by atoms with E-state index in [0.717, 1.165) is 69.3 Å². The summed E-state index contributed by atoms with van der Waals surface area (Å²) in [6.07, 6.45) is 20.9. The van der Waals surface area contributed by atoms with Crippen molar-refractivity contribution in [2.75, 3.05) is 0 Å². The second-order valence-electron chi connectivity index (χ2n) is 20.9. The molecule has 0 spiro atoms. The van der Waals surface area contributed by atoms with Crippen molar-refractivity contribution in [2.24, 2.45) is 0 Å². The quantitative estimate of drug-likeness (QED) is 0.0155. The molecule has 27 heteroatoms. The van der Waals surface area contributed by atoms with Crippen LogP contribution in [0.2, 0.25) is 0 Å². The third-order valence-electron chi connectivity index (χ3n) is 13.9. The van der Waals surface area contributed by atoms with Crippen LogP contribution in [0.1, 0.15) is 131 Å². The van der Waals surface area contributed by atoms with Crippen LogP contribution in [-0.4, -0.2) is 83.2 Å². The van der Waals surface area contributed by atoms with E-state index >= 15 is 0 Å². The summed E-state index contributed by atoms with van der Waals surface area (Å²) >= 11 is 0. The molecule has 0 aliphatic heterocycles. The van der Waals surface area contributed by atoms with Gasteiger partial charge >= 0.3 is 177 Å². The maximum Gasteiger partial charge on any atom is 1.00 e. The number of allylic oxidation sites excluding steroid dienone is 3. The molecule has 474 valence electrons. The first-order valence-electron chi connectivity index (χ1n) is 28.4. The molecule has 0 saturated heterocycles. The zero-order valence-electron chi connectivity index (χ0n) is 51.8. The minimum atomic E-state index is -5.10. The van der Waals surface area contributed by atoms with E-state index in [1.165, 1.54) is 111 Å². The summed E-state index contributed by atoms with van der Waals surface area (Å²) in [5.74, 6) is 0. The van der Waals surface area contributed by atoms with E-state index in [-0.39, 0.29) is 154 Å². The minimum Gasteiger partial charge on any atom is -0.747 e. The van der Waals surface area contributed by atoms with Crippen LogP contribution < -0.4 is 154 Å². The smallest absolute Gasteiger partial charge is 0.747 e. The Balaban J connectivity index is 0.000000664. The monoisotopic (exact) mass is 1430 g/mol. The van der Waals surface area contributed by atoms with Gasteiger partial charge in [0.25, 0.3) is 0 Å². The van der Waals surface area contributed by atoms with Gasteiger partial charge in [-0.2, -0.15) is 0 Å². The second kappa shape index (κ2) is 43.1. The van der Waals surface area contributed by atoms with Crippen LogP contribution in [0.15, 0.2) is 164 Å². The van der Waals surface area contributed by atoms with Crippen molar-refractivity contribution in [3.05, 3.63) is 197 Å². The van der Waals surface area contributed by atoms with Crippen molar-refractivity contribution in [2.45, 2.75) is 132 Å². The maximum atomic E-state index is 11.2. The molecule has 90 heavy (non-hydrogen) atoms. The molecule has 6 aromatic carbocycles. The molecule has 0 heterocycles. The van der Waals surface area contributed by atoms with Gasteiger partial charge in [0.05, 0.1) is 0 Å². The van der Waals surface area contributed by atoms with Crippen LogP contribution in [0.5, 0.6) is 0 Å². The Hall–Kier alpha value is -0.371. The van der Waals surface area contributed by atoms with E-state index in [1.54, 1.807) is 0 Å². The van der Waals surface area contributed by atoms with Gasteiger partial charge in [-0.15, -0.1) is 0 Å². The zero-order valence-corrected chi connectivity index (χ0v) is 66.3. The summed E-state index contributed by atoms with van der Waals surface area (Å²) in [5.41, 5.74) is 12.5. The molecule has 6 N–H and O–H groups in total. The molecular weight excluding hydrogens is 1350 g/mol. The summed E-state index contributed by atoms with van der Waals surface area (Å²) in [6.45, 7) is 6.55. The van der Waals surface area contributed by atoms with E-state index in [1.807, 2.05) is 72.8 Å². The van der Waals surface area contributed by atoms with Crippen molar-refractivity contribution >= 4 is 71.4 Å². The number of unbranched alkanes of at least 4 members (excludes halogenated alkanes) is 6. The molecule has 0 aromatic heterocycles. The molecule has 0 saturated carbocycles. The Bertz CT molecular complexity index is 3280. The van der Waals surface area contributed by atoms with Crippen LogP contribution in [-0.2, 0) is 63.3 Å². The van der Waals surface area contributed by atoms with E-state index in [2.05, 4.69) is 93.6 Å². The van der Waals surface area contributed by atoms with Gasteiger partial charge in [-0.05, 0) is 125 Å². The standard InChI is InChI=1S/3C21H27O6PS.3K/c3*1-2-3-4-6-17-9-13-19(14-10-17)20-15-11-18(12-16-20)7-5-8-21(28(22,23)24)29(25,26)27;;;/h3*5,7,9-16,21H,2-4,6,8H2,1H3,(H2,22,23,24)(H,25,26,27);;;/q;;;3*+1/p-3/b3*7-5+;;;. The first kappa shape index (κ1) is 87.6. The second-order valence-corrected chi connectivity index (χ2v) is 32.0. The topological polar surface area (TPSA) is 344 Å². The number of rotatable bonds is 30. The third-order valence-corrected chi connectivity index (χ3v) is 24.1. The van der Waals surface area contributed by atoms with Gasteiger partial charge in [0.15, 0.2) is 15.0 Å². The fraction of sp³-hybridized carbons (Fsp3) is 0.333. The van der Waals surface area contributed by atoms with Crippen LogP contribution in [0, 0.1) is 0 Å². The Morgan fingerprint density at radius 1 is 0.333 bits per heavy atom. The zero-order chi connectivity index (χ0) is 64.5. The molecule has 18 nitrogen and oxygen atoms in total. The molecule has 6 rings (SSSR count). The Kier molecular flexibility index (Phi) is 42.0. The van der Waals surface area contributed by atoms with Crippen LogP contribution in [0.4, 0.5) is 0 Å². The fourth-order valence-electron chi connectivity index (χ4n) is 8.92. The van der Waals surface area contributed by atoms with E-state index in [0.29, 0.717) is 0 Å². The minimum absolute atomic E-state index is 0. The number of benzene rings is 6. The molecule has 3 unspecified atom stereocenters. The van der Waals surface area contributed by atoms with E-state index < -0.39 is 87.4 Å². The van der Waals surface area contributed by atoms with Gasteiger partial charge in [-0.3, -0.25) is 13.7 Å². The third kappa shape index (κ3) is 33.3. The van der Waals surface area contributed by atoms with Gasteiger partial charge < -0.3 is 43.0 Å². The average molecular weight is 1430 g/mol. The van der Waals surface area contributed by atoms with Crippen molar-refractivity contribution < 1.29 is 236 Å². The van der Waals surface area contributed by atoms with E-state index in [4.69, 9.17) is 29.4 Å². The van der Waals surface area contributed by atoms with Gasteiger partial charge in [0, 0.05) is 0 Å². The molecule has 0 bridgehead atoms. The summed E-state index contributed by atoms with van der Waals surface area (Å²) in [6, 6.07) is 47.6. The van der Waals surface area contributed by atoms with Crippen molar-refractivity contribution in [1.82, 2.24) is 0 Å². The molecular formula is C63H78K3O18P3S3. The molecule has 3 atom stereocenters. The Morgan fingerprint density at radius 3 is 0.667 bits per heavy atom. The molecule has 0 radical (unpaired) electrons. The SMILES string of the molecule is CCCCCc1ccc(-c2ccc(/C=C/CC(P(=O)(O)O)S(=O)(=O)[O-])cc2)cc1.CCCCCc1ccc(-c2ccc(/C=C/CC(P(=O)(O)O)S(=O)(=O)[O-])cc2)cc1.CCCCCc1ccc(-c2ccc(/C=C/CC(P(=O)(O)O)S(=O)(=O)[O-])cc2)cc1.[K+].[K+].[K+]. The Morgan fingerprint density at radius 2 is 0.511 bits per heavy atom. The van der Waals surface area contributed by atoms with E-state index in [9.17, 15) is 52.6 Å². The van der Waals surface area contributed by atoms with Gasteiger partial charge in [-0.1, -0.05) is 241 Å². The van der Waals surface area contributed by atoms with Crippen LogP contribution in [0.25, 0.3) is 51.6 Å². The summed E-state index contributed by atoms with van der Waals surface area (Å²) in [4.78, 5) is 47.5. The summed E-state index contributed by atoms with van der Waals surface area (Å²) < 4.78 is 133. The van der Waals surface area contributed by atoms with Crippen molar-refractivity contribution in [1.29, 1.82) is 0 Å². The molecule has 6 aromatic rings. The Labute approximate surface area is 659 Å². The predicted molar refractivity (Wildman–Crippen MR) is 343 cm³/mol. The van der Waals surface area contributed by atoms with Gasteiger partial charge in [0.2, 0.25) is 0 Å². The average Bonchev–Trinajstić information content (AvgIpc) is 1.22. The summed E-state index contributed by atoms with van der Waals surface area (Å²) in [5, 5.41) is 0. The first-order valence-corrected chi connectivity index (χ1v) is 37.9. The maximum absolute atomic E-state index is 11.2. The molecule has 0 aliphatic rings. The van der Waals surface area contributed by atoms with Crippen LogP contribution >= 0.6 is 22.8 Å². The fourth-order valence-corrected chi connectivity index (χ4v) is 15.2. The van der Waals surface area contributed by atoms with Gasteiger partial charge in [0.1, 0.15) is 30.4 Å². The number of aryl methyl sites for hydroxylation is 3. The van der Waals surface area contributed by atoms with Crippen molar-refractivity contribution in [3.63, 3.8) is 0 Å². The molecule has 0 amide bonds. The molecule has 0 fully saturated rings. The first-order chi connectivity index (χ1) is 40.8. The normalized spacial score (nSPS) is 13.2. The molecule has 0 aliphatic carbocycles. The summed E-state index contributed by atoms with van der Waals surface area (Å²) in [7, 11) is -30.4. The number of hydrogen-bond acceptors (Lipinski definition) is 12.